The Labute approximate surface area is 209 Å². The number of imidazole rings is 1. The third-order valence-corrected chi connectivity index (χ3v) is 8.76. The van der Waals surface area contributed by atoms with Crippen molar-refractivity contribution in [3.63, 3.8) is 0 Å². The van der Waals surface area contributed by atoms with Crippen molar-refractivity contribution in [1.29, 1.82) is 5.26 Å². The Balaban J connectivity index is 1.55. The van der Waals surface area contributed by atoms with Gasteiger partial charge in [-0.15, -0.1) is 11.3 Å². The van der Waals surface area contributed by atoms with Crippen molar-refractivity contribution in [2.45, 2.75) is 43.1 Å². The van der Waals surface area contributed by atoms with Gasteiger partial charge >= 0.3 is 6.18 Å². The van der Waals surface area contributed by atoms with Gasteiger partial charge in [0, 0.05) is 38.6 Å². The standard InChI is InChI=1S/C21H22F3N7O3S2/c1-12(32)19-13(8-25)7-16(35-19)18-15(21(22,23)24)9-26-20(29-18)28-14-3-5-31(6-4-14)36(33,34)17-10-30(2)11-27-17/h7,9-12,14,32H,3-6H2,1-2H3,(H,26,28,29). The zero-order valence-electron chi connectivity index (χ0n) is 19.2. The van der Waals surface area contributed by atoms with Crippen LogP contribution in [-0.2, 0) is 23.2 Å². The van der Waals surface area contributed by atoms with Crippen molar-refractivity contribution in [2.75, 3.05) is 18.4 Å². The molecule has 0 radical (unpaired) electrons. The number of aliphatic hydroxyl groups excluding tert-OH is 1. The third-order valence-electron chi connectivity index (χ3n) is 5.66. The van der Waals surface area contributed by atoms with E-state index in [1.807, 2.05) is 6.07 Å². The quantitative estimate of drug-likeness (QED) is 0.486. The predicted molar refractivity (Wildman–Crippen MR) is 124 cm³/mol. The van der Waals surface area contributed by atoms with Crippen molar-refractivity contribution in [3.8, 4) is 16.6 Å². The van der Waals surface area contributed by atoms with Gasteiger partial charge in [-0.3, -0.25) is 0 Å². The summed E-state index contributed by atoms with van der Waals surface area (Å²) < 4.78 is 69.4. The molecule has 3 aromatic rings. The first-order chi connectivity index (χ1) is 16.9. The van der Waals surface area contributed by atoms with Gasteiger partial charge < -0.3 is 15.0 Å². The Morgan fingerprint density at radius 3 is 2.53 bits per heavy atom. The van der Waals surface area contributed by atoms with Crippen LogP contribution in [0, 0.1) is 11.3 Å². The molecule has 3 aromatic heterocycles. The first-order valence-electron chi connectivity index (χ1n) is 10.8. The number of thiophene rings is 1. The van der Waals surface area contributed by atoms with E-state index in [0.717, 1.165) is 11.3 Å². The molecule has 15 heteroatoms. The van der Waals surface area contributed by atoms with Crippen molar-refractivity contribution >= 4 is 27.3 Å². The van der Waals surface area contributed by atoms with E-state index in [1.165, 1.54) is 34.4 Å². The van der Waals surface area contributed by atoms with Crippen molar-refractivity contribution < 1.29 is 26.7 Å². The van der Waals surface area contributed by atoms with Crippen LogP contribution in [0.2, 0.25) is 0 Å². The average Bonchev–Trinajstić information content (AvgIpc) is 3.45. The molecule has 0 aromatic carbocycles. The first-order valence-corrected chi connectivity index (χ1v) is 13.1. The van der Waals surface area contributed by atoms with Gasteiger partial charge in [-0.05, 0) is 25.8 Å². The molecule has 192 valence electrons. The number of rotatable bonds is 6. The van der Waals surface area contributed by atoms with Gasteiger partial charge in [0.2, 0.25) is 5.95 Å². The molecule has 36 heavy (non-hydrogen) atoms. The molecular formula is C21H22F3N7O3S2. The largest absolute Gasteiger partial charge is 0.420 e. The number of nitrogens with zero attached hydrogens (tertiary/aromatic N) is 6. The van der Waals surface area contributed by atoms with Crippen LogP contribution in [0.3, 0.4) is 0 Å². The van der Waals surface area contributed by atoms with Crippen LogP contribution < -0.4 is 5.32 Å². The number of aromatic nitrogens is 4. The molecule has 0 bridgehead atoms. The minimum Gasteiger partial charge on any atom is -0.388 e. The molecule has 1 unspecified atom stereocenters. The number of hydrogen-bond donors (Lipinski definition) is 2. The maximum absolute atomic E-state index is 13.7. The van der Waals surface area contributed by atoms with Crippen molar-refractivity contribution in [3.05, 3.63) is 40.8 Å². The van der Waals surface area contributed by atoms with Crippen LogP contribution in [0.4, 0.5) is 19.1 Å². The Bertz CT molecular complexity index is 1400. The summed E-state index contributed by atoms with van der Waals surface area (Å²) in [6, 6.07) is 2.89. The van der Waals surface area contributed by atoms with Crippen LogP contribution in [0.5, 0.6) is 0 Å². The van der Waals surface area contributed by atoms with Gasteiger partial charge in [-0.25, -0.2) is 23.4 Å². The highest BCUT2D eigenvalue weighted by molar-refractivity contribution is 7.89. The number of piperidine rings is 1. The first kappa shape index (κ1) is 26.0. The van der Waals surface area contributed by atoms with E-state index >= 15 is 0 Å². The number of nitrogens with one attached hydrogen (secondary N) is 1. The number of halogens is 3. The Morgan fingerprint density at radius 1 is 1.31 bits per heavy atom. The fraction of sp³-hybridized carbons (Fsp3) is 0.429. The van der Waals surface area contributed by atoms with E-state index in [-0.39, 0.29) is 45.4 Å². The molecular weight excluding hydrogens is 519 g/mol. The lowest BCUT2D eigenvalue weighted by Crippen LogP contribution is -2.42. The summed E-state index contributed by atoms with van der Waals surface area (Å²) in [5.41, 5.74) is -1.39. The summed E-state index contributed by atoms with van der Waals surface area (Å²) in [6.07, 6.45) is -1.49. The Kier molecular flexibility index (Phi) is 7.06. The SMILES string of the molecule is CC(O)c1sc(-c2nc(NC3CCN(S(=O)(=O)c4cn(C)cn4)CC3)ncc2C(F)(F)F)cc1C#N. The Morgan fingerprint density at radius 2 is 2.00 bits per heavy atom. The lowest BCUT2D eigenvalue weighted by atomic mass is 10.1. The van der Waals surface area contributed by atoms with Crippen LogP contribution in [0.25, 0.3) is 10.6 Å². The molecule has 1 saturated heterocycles. The number of anilines is 1. The minimum atomic E-state index is -4.74. The molecule has 0 aliphatic carbocycles. The van der Waals surface area contributed by atoms with E-state index in [4.69, 9.17) is 0 Å². The lowest BCUT2D eigenvalue weighted by molar-refractivity contribution is -0.137. The molecule has 2 N–H and O–H groups in total. The second-order valence-electron chi connectivity index (χ2n) is 8.33. The van der Waals surface area contributed by atoms with E-state index in [9.17, 15) is 32.0 Å². The number of alkyl halides is 3. The molecule has 4 rings (SSSR count). The third kappa shape index (κ3) is 5.21. The number of sulfonamides is 1. The number of nitriles is 1. The molecule has 0 amide bonds. The van der Waals surface area contributed by atoms with Gasteiger partial charge in [-0.1, -0.05) is 0 Å². The Hall–Kier alpha value is -3.06. The van der Waals surface area contributed by atoms with Crippen LogP contribution in [0.1, 0.15) is 41.9 Å². The normalized spacial score (nSPS) is 16.6. The summed E-state index contributed by atoms with van der Waals surface area (Å²) in [7, 11) is -2.07. The van der Waals surface area contributed by atoms with E-state index in [0.29, 0.717) is 19.0 Å². The van der Waals surface area contributed by atoms with Gasteiger partial charge in [0.15, 0.2) is 5.03 Å². The molecule has 0 saturated carbocycles. The lowest BCUT2D eigenvalue weighted by Gasteiger charge is -2.31. The molecule has 1 aliphatic rings. The fourth-order valence-electron chi connectivity index (χ4n) is 3.84. The minimum absolute atomic E-state index is 0.0450. The van der Waals surface area contributed by atoms with Crippen molar-refractivity contribution in [2.24, 2.45) is 7.05 Å². The van der Waals surface area contributed by atoms with Crippen molar-refractivity contribution in [1.82, 2.24) is 23.8 Å². The van der Waals surface area contributed by atoms with Crippen LogP contribution in [-0.4, -0.2) is 56.5 Å². The highest BCUT2D eigenvalue weighted by Crippen LogP contribution is 2.41. The monoisotopic (exact) mass is 541 g/mol. The maximum Gasteiger partial charge on any atom is 0.420 e. The van der Waals surface area contributed by atoms with Crippen LogP contribution >= 0.6 is 11.3 Å². The highest BCUT2D eigenvalue weighted by atomic mass is 32.2. The predicted octanol–water partition coefficient (Wildman–Crippen LogP) is 3.15. The maximum atomic E-state index is 13.7. The number of aryl methyl sites for hydroxylation is 1. The van der Waals surface area contributed by atoms with Gasteiger partial charge in [-0.2, -0.15) is 22.7 Å². The smallest absolute Gasteiger partial charge is 0.388 e. The summed E-state index contributed by atoms with van der Waals surface area (Å²) in [6.45, 7) is 1.81. The van der Waals surface area contributed by atoms with E-state index in [1.54, 1.807) is 7.05 Å². The zero-order valence-corrected chi connectivity index (χ0v) is 20.8. The summed E-state index contributed by atoms with van der Waals surface area (Å²) in [5.74, 6) is -0.0467. The molecule has 1 atom stereocenters. The average molecular weight is 542 g/mol. The molecule has 1 fully saturated rings. The van der Waals surface area contributed by atoms with Gasteiger partial charge in [0.1, 0.15) is 11.6 Å². The van der Waals surface area contributed by atoms with E-state index in [2.05, 4.69) is 20.3 Å². The highest BCUT2D eigenvalue weighted by Gasteiger charge is 2.37. The number of aliphatic hydroxyl groups is 1. The zero-order chi connectivity index (χ0) is 26.3. The van der Waals surface area contributed by atoms with Gasteiger partial charge in [0.25, 0.3) is 10.0 Å². The van der Waals surface area contributed by atoms with Gasteiger partial charge in [0.05, 0.1) is 33.4 Å². The topological polar surface area (TPSA) is 137 Å². The second-order valence-corrected chi connectivity index (χ2v) is 11.3. The number of hydrogen-bond acceptors (Lipinski definition) is 9. The van der Waals surface area contributed by atoms with E-state index < -0.39 is 33.6 Å². The molecule has 0 spiro atoms. The summed E-state index contributed by atoms with van der Waals surface area (Å²) >= 11 is 0.861. The molecule has 4 heterocycles. The summed E-state index contributed by atoms with van der Waals surface area (Å²) in [4.78, 5) is 12.2. The summed E-state index contributed by atoms with van der Waals surface area (Å²) in [5, 5.41) is 22.2. The molecule has 1 aliphatic heterocycles. The molecule has 10 nitrogen and oxygen atoms in total. The van der Waals surface area contributed by atoms with Crippen LogP contribution in [0.15, 0.2) is 29.8 Å². The second kappa shape index (κ2) is 9.77. The fourth-order valence-corrected chi connectivity index (χ4v) is 6.33.